The second-order valence-corrected chi connectivity index (χ2v) is 6.54. The summed E-state index contributed by atoms with van der Waals surface area (Å²) in [6, 6.07) is 0.651. The molecule has 0 spiro atoms. The third kappa shape index (κ3) is 3.69. The van der Waals surface area contributed by atoms with E-state index >= 15 is 0 Å². The predicted molar refractivity (Wildman–Crippen MR) is 71.6 cm³/mol. The van der Waals surface area contributed by atoms with E-state index in [0.29, 0.717) is 12.6 Å². The van der Waals surface area contributed by atoms with E-state index in [-0.39, 0.29) is 0 Å². The van der Waals surface area contributed by atoms with Gasteiger partial charge in [0, 0.05) is 19.1 Å². The summed E-state index contributed by atoms with van der Waals surface area (Å²) in [6.45, 7) is 7.69. The quantitative estimate of drug-likeness (QED) is 0.755. The summed E-state index contributed by atoms with van der Waals surface area (Å²) in [7, 11) is 0. The summed E-state index contributed by atoms with van der Waals surface area (Å²) in [4.78, 5) is 13.7. The van der Waals surface area contributed by atoms with Crippen molar-refractivity contribution in [3.05, 3.63) is 0 Å². The lowest BCUT2D eigenvalue weighted by atomic mass is 9.91. The van der Waals surface area contributed by atoms with E-state index in [1.165, 1.54) is 25.7 Å². The van der Waals surface area contributed by atoms with Crippen LogP contribution in [0.25, 0.3) is 0 Å². The van der Waals surface area contributed by atoms with Crippen LogP contribution in [0.2, 0.25) is 0 Å². The molecule has 4 heteroatoms. The van der Waals surface area contributed by atoms with Crippen LogP contribution in [-0.2, 0) is 4.79 Å². The van der Waals surface area contributed by atoms with Crippen LogP contribution in [0.5, 0.6) is 0 Å². The topological polar surface area (TPSA) is 52.6 Å². The number of carboxylic acids is 1. The molecular weight excluding hydrogens is 228 g/mol. The minimum atomic E-state index is -0.682. The van der Waals surface area contributed by atoms with Gasteiger partial charge in [-0.2, -0.15) is 0 Å². The zero-order chi connectivity index (χ0) is 13.2. The van der Waals surface area contributed by atoms with Crippen molar-refractivity contribution in [2.75, 3.05) is 26.2 Å². The zero-order valence-electron chi connectivity index (χ0n) is 11.6. The summed E-state index contributed by atoms with van der Waals surface area (Å²) in [6.07, 6.45) is 4.97. The molecule has 18 heavy (non-hydrogen) atoms. The smallest absolute Gasteiger partial charge is 0.310 e. The Balaban J connectivity index is 1.89. The number of carbonyl (C=O) groups is 1. The molecule has 0 bridgehead atoms. The molecule has 0 aromatic heterocycles. The largest absolute Gasteiger partial charge is 0.481 e. The van der Waals surface area contributed by atoms with Gasteiger partial charge in [0.15, 0.2) is 0 Å². The van der Waals surface area contributed by atoms with E-state index in [1.807, 2.05) is 13.8 Å². The second kappa shape index (κ2) is 5.57. The molecule has 1 saturated carbocycles. The molecule has 0 atom stereocenters. The highest BCUT2D eigenvalue weighted by Crippen LogP contribution is 2.32. The molecule has 0 unspecified atom stereocenters. The third-order valence-corrected chi connectivity index (χ3v) is 4.19. The van der Waals surface area contributed by atoms with Crippen LogP contribution in [0.3, 0.4) is 0 Å². The molecule has 1 heterocycles. The van der Waals surface area contributed by atoms with Gasteiger partial charge < -0.3 is 10.4 Å². The average molecular weight is 254 g/mol. The molecule has 1 aliphatic heterocycles. The molecule has 2 N–H and O–H groups in total. The first kappa shape index (κ1) is 13.8. The normalized spacial score (nSPS) is 22.4. The van der Waals surface area contributed by atoms with Gasteiger partial charge in [0.25, 0.3) is 0 Å². The van der Waals surface area contributed by atoms with Gasteiger partial charge in [-0.15, -0.1) is 0 Å². The van der Waals surface area contributed by atoms with Gasteiger partial charge in [-0.05, 0) is 58.5 Å². The summed E-state index contributed by atoms with van der Waals surface area (Å²) in [5.74, 6) is 0.0647. The van der Waals surface area contributed by atoms with Crippen molar-refractivity contribution in [3.63, 3.8) is 0 Å². The van der Waals surface area contributed by atoms with Gasteiger partial charge >= 0.3 is 5.97 Å². The Hall–Kier alpha value is -0.610. The standard InChI is InChI=1S/C14H26N2O2/c1-14(2,13(17)18)10-16(12-3-4-12)9-11-5-7-15-8-6-11/h11-12,15H,3-10H2,1-2H3,(H,17,18). The van der Waals surface area contributed by atoms with Crippen LogP contribution in [0, 0.1) is 11.3 Å². The highest BCUT2D eigenvalue weighted by atomic mass is 16.4. The van der Waals surface area contributed by atoms with Crippen molar-refractivity contribution in [1.29, 1.82) is 0 Å². The molecule has 104 valence electrons. The lowest BCUT2D eigenvalue weighted by Gasteiger charge is -2.34. The summed E-state index contributed by atoms with van der Waals surface area (Å²) < 4.78 is 0. The number of nitrogens with zero attached hydrogens (tertiary/aromatic N) is 1. The van der Waals surface area contributed by atoms with Crippen molar-refractivity contribution >= 4 is 5.97 Å². The maximum atomic E-state index is 11.3. The van der Waals surface area contributed by atoms with Crippen LogP contribution in [0.4, 0.5) is 0 Å². The van der Waals surface area contributed by atoms with Gasteiger partial charge in [-0.3, -0.25) is 9.69 Å². The average Bonchev–Trinajstić information content (AvgIpc) is 3.13. The lowest BCUT2D eigenvalue weighted by Crippen LogP contribution is -2.44. The van der Waals surface area contributed by atoms with Crippen molar-refractivity contribution in [2.45, 2.75) is 45.6 Å². The first-order chi connectivity index (χ1) is 8.49. The van der Waals surface area contributed by atoms with E-state index < -0.39 is 11.4 Å². The van der Waals surface area contributed by atoms with Crippen molar-refractivity contribution in [1.82, 2.24) is 10.2 Å². The maximum absolute atomic E-state index is 11.3. The molecule has 0 amide bonds. The predicted octanol–water partition coefficient (Wildman–Crippen LogP) is 1.56. The van der Waals surface area contributed by atoms with E-state index in [4.69, 9.17) is 0 Å². The molecule has 0 aromatic carbocycles. The molecule has 1 saturated heterocycles. The molecule has 0 radical (unpaired) electrons. The molecule has 2 aliphatic rings. The Labute approximate surface area is 110 Å². The fourth-order valence-corrected chi connectivity index (χ4v) is 2.75. The summed E-state index contributed by atoms with van der Waals surface area (Å²) in [5, 5.41) is 12.6. The minimum absolute atomic E-state index is 0.629. The number of piperidine rings is 1. The van der Waals surface area contributed by atoms with Gasteiger partial charge in [0.05, 0.1) is 5.41 Å². The van der Waals surface area contributed by atoms with Crippen LogP contribution < -0.4 is 5.32 Å². The van der Waals surface area contributed by atoms with Gasteiger partial charge in [-0.25, -0.2) is 0 Å². The molecular formula is C14H26N2O2. The molecule has 1 aliphatic carbocycles. The van der Waals surface area contributed by atoms with E-state index in [2.05, 4.69) is 10.2 Å². The number of aliphatic carboxylic acids is 1. The Morgan fingerprint density at radius 3 is 2.39 bits per heavy atom. The monoisotopic (exact) mass is 254 g/mol. The SMILES string of the molecule is CC(C)(CN(CC1CCNCC1)C1CC1)C(=O)O. The maximum Gasteiger partial charge on any atom is 0.310 e. The molecule has 2 fully saturated rings. The number of hydrogen-bond acceptors (Lipinski definition) is 3. The van der Waals surface area contributed by atoms with Crippen molar-refractivity contribution in [2.24, 2.45) is 11.3 Å². The van der Waals surface area contributed by atoms with Gasteiger partial charge in [0.2, 0.25) is 0 Å². The number of hydrogen-bond donors (Lipinski definition) is 2. The van der Waals surface area contributed by atoms with Crippen LogP contribution >= 0.6 is 0 Å². The number of nitrogens with one attached hydrogen (secondary N) is 1. The van der Waals surface area contributed by atoms with Gasteiger partial charge in [-0.1, -0.05) is 0 Å². The van der Waals surface area contributed by atoms with Crippen LogP contribution in [-0.4, -0.2) is 48.2 Å². The number of rotatable bonds is 6. The Morgan fingerprint density at radius 1 is 1.28 bits per heavy atom. The van der Waals surface area contributed by atoms with Gasteiger partial charge in [0.1, 0.15) is 0 Å². The first-order valence-corrected chi connectivity index (χ1v) is 7.17. The Bertz CT molecular complexity index is 294. The van der Waals surface area contributed by atoms with Crippen LogP contribution in [0.15, 0.2) is 0 Å². The summed E-state index contributed by atoms with van der Waals surface area (Å²) in [5.41, 5.74) is -0.629. The summed E-state index contributed by atoms with van der Waals surface area (Å²) >= 11 is 0. The molecule has 4 nitrogen and oxygen atoms in total. The first-order valence-electron chi connectivity index (χ1n) is 7.17. The minimum Gasteiger partial charge on any atom is -0.481 e. The number of carboxylic acid groups (broad SMARTS) is 1. The highest BCUT2D eigenvalue weighted by Gasteiger charge is 2.37. The third-order valence-electron chi connectivity index (χ3n) is 4.19. The van der Waals surface area contributed by atoms with E-state index in [1.54, 1.807) is 0 Å². The van der Waals surface area contributed by atoms with Crippen LogP contribution in [0.1, 0.15) is 39.5 Å². The van der Waals surface area contributed by atoms with Crippen molar-refractivity contribution in [3.8, 4) is 0 Å². The highest BCUT2D eigenvalue weighted by molar-refractivity contribution is 5.73. The van der Waals surface area contributed by atoms with E-state index in [9.17, 15) is 9.90 Å². The Kier molecular flexibility index (Phi) is 4.28. The second-order valence-electron chi connectivity index (χ2n) is 6.54. The molecule has 2 rings (SSSR count). The fraction of sp³-hybridized carbons (Fsp3) is 0.929. The molecule has 0 aromatic rings. The van der Waals surface area contributed by atoms with E-state index in [0.717, 1.165) is 25.6 Å². The Morgan fingerprint density at radius 2 is 1.89 bits per heavy atom. The van der Waals surface area contributed by atoms with Crippen molar-refractivity contribution < 1.29 is 9.90 Å². The lowest BCUT2D eigenvalue weighted by molar-refractivity contribution is -0.148. The fourth-order valence-electron chi connectivity index (χ4n) is 2.75. The zero-order valence-corrected chi connectivity index (χ0v) is 11.6.